The van der Waals surface area contributed by atoms with Gasteiger partial charge in [-0.2, -0.15) is 0 Å². The van der Waals surface area contributed by atoms with Crippen LogP contribution in [0, 0.1) is 6.92 Å². The lowest BCUT2D eigenvalue weighted by Gasteiger charge is -2.11. The van der Waals surface area contributed by atoms with Gasteiger partial charge in [0.1, 0.15) is 5.75 Å². The second-order valence-corrected chi connectivity index (χ2v) is 4.49. The van der Waals surface area contributed by atoms with Gasteiger partial charge in [0.05, 0.1) is 6.61 Å². The molecule has 0 saturated heterocycles. The Balaban J connectivity index is 2.30. The lowest BCUT2D eigenvalue weighted by Crippen LogP contribution is -2.21. The molecule has 3 heteroatoms. The first-order chi connectivity index (χ1) is 8.63. The summed E-state index contributed by atoms with van der Waals surface area (Å²) in [6.45, 7) is 4.42. The first-order valence-corrected chi connectivity index (χ1v) is 6.34. The first-order valence-electron chi connectivity index (χ1n) is 6.34. The van der Waals surface area contributed by atoms with Crippen LogP contribution >= 0.6 is 0 Å². The standard InChI is InChI=1S/C15H22NO2/c1-4-7-13-8-5-9-14(12-13)18-11-6-10-15(17)16(2)3/h5,8-9,12H,1,4,6-7,10-11H2,2-3H3. The minimum absolute atomic E-state index is 0.143. The zero-order valence-corrected chi connectivity index (χ0v) is 11.3. The van der Waals surface area contributed by atoms with Gasteiger partial charge in [-0.3, -0.25) is 4.79 Å². The summed E-state index contributed by atoms with van der Waals surface area (Å²) in [5, 5.41) is 0. The van der Waals surface area contributed by atoms with E-state index in [1.54, 1.807) is 19.0 Å². The normalized spacial score (nSPS) is 10.2. The summed E-state index contributed by atoms with van der Waals surface area (Å²) in [6.07, 6.45) is 3.14. The summed E-state index contributed by atoms with van der Waals surface area (Å²) in [4.78, 5) is 13.0. The topological polar surface area (TPSA) is 29.5 Å². The van der Waals surface area contributed by atoms with Crippen molar-refractivity contribution in [2.24, 2.45) is 0 Å². The fourth-order valence-corrected chi connectivity index (χ4v) is 1.63. The molecule has 0 bridgehead atoms. The summed E-state index contributed by atoms with van der Waals surface area (Å²) in [5.41, 5.74) is 1.24. The molecule has 0 aliphatic carbocycles. The summed E-state index contributed by atoms with van der Waals surface area (Å²) in [6, 6.07) is 8.05. The van der Waals surface area contributed by atoms with Crippen LogP contribution in [0.15, 0.2) is 24.3 Å². The number of rotatable bonds is 7. The van der Waals surface area contributed by atoms with Crippen LogP contribution in [-0.4, -0.2) is 31.5 Å². The van der Waals surface area contributed by atoms with Gasteiger partial charge in [0.15, 0.2) is 0 Å². The van der Waals surface area contributed by atoms with Crippen molar-refractivity contribution >= 4 is 5.91 Å². The van der Waals surface area contributed by atoms with E-state index in [9.17, 15) is 4.79 Å². The maximum absolute atomic E-state index is 11.4. The third-order valence-electron chi connectivity index (χ3n) is 2.67. The Hall–Kier alpha value is -1.51. The Kier molecular flexibility index (Phi) is 6.26. The largest absolute Gasteiger partial charge is 0.494 e. The second-order valence-electron chi connectivity index (χ2n) is 4.49. The van der Waals surface area contributed by atoms with E-state index in [0.717, 1.165) is 25.0 Å². The van der Waals surface area contributed by atoms with E-state index < -0.39 is 0 Å². The predicted molar refractivity (Wildman–Crippen MR) is 73.5 cm³/mol. The van der Waals surface area contributed by atoms with Gasteiger partial charge in [0.25, 0.3) is 0 Å². The molecule has 0 heterocycles. The predicted octanol–water partition coefficient (Wildman–Crippen LogP) is 2.70. The molecule has 0 aliphatic heterocycles. The number of hydrogen-bond donors (Lipinski definition) is 0. The summed E-state index contributed by atoms with van der Waals surface area (Å²) < 4.78 is 5.63. The molecule has 0 aliphatic rings. The number of aryl methyl sites for hydroxylation is 1. The highest BCUT2D eigenvalue weighted by Gasteiger charge is 2.03. The average molecular weight is 248 g/mol. The fourth-order valence-electron chi connectivity index (χ4n) is 1.63. The monoisotopic (exact) mass is 248 g/mol. The highest BCUT2D eigenvalue weighted by molar-refractivity contribution is 5.75. The Bertz CT molecular complexity index is 375. The molecule has 0 spiro atoms. The molecular formula is C15H22NO2. The van der Waals surface area contributed by atoms with Crippen molar-refractivity contribution in [3.05, 3.63) is 36.8 Å². The number of benzene rings is 1. The third-order valence-corrected chi connectivity index (χ3v) is 2.67. The van der Waals surface area contributed by atoms with E-state index in [-0.39, 0.29) is 5.91 Å². The van der Waals surface area contributed by atoms with Crippen LogP contribution in [0.2, 0.25) is 0 Å². The van der Waals surface area contributed by atoms with Crippen molar-refractivity contribution in [1.29, 1.82) is 0 Å². The van der Waals surface area contributed by atoms with Crippen molar-refractivity contribution in [3.8, 4) is 5.75 Å². The Morgan fingerprint density at radius 1 is 1.39 bits per heavy atom. The van der Waals surface area contributed by atoms with Crippen molar-refractivity contribution in [2.45, 2.75) is 25.7 Å². The lowest BCUT2D eigenvalue weighted by atomic mass is 10.1. The molecular weight excluding hydrogens is 226 g/mol. The minimum atomic E-state index is 0.143. The molecule has 1 aromatic carbocycles. The molecule has 1 radical (unpaired) electrons. The highest BCUT2D eigenvalue weighted by Crippen LogP contribution is 2.15. The van der Waals surface area contributed by atoms with Gasteiger partial charge in [-0.25, -0.2) is 0 Å². The molecule has 0 aromatic heterocycles. The second kappa shape index (κ2) is 7.75. The van der Waals surface area contributed by atoms with Gasteiger partial charge in [0.2, 0.25) is 5.91 Å². The van der Waals surface area contributed by atoms with E-state index in [1.807, 2.05) is 18.2 Å². The minimum Gasteiger partial charge on any atom is -0.494 e. The lowest BCUT2D eigenvalue weighted by molar-refractivity contribution is -0.128. The third kappa shape index (κ3) is 5.21. The molecule has 99 valence electrons. The first kappa shape index (κ1) is 14.6. The van der Waals surface area contributed by atoms with Crippen LogP contribution < -0.4 is 4.74 Å². The molecule has 0 saturated carbocycles. The highest BCUT2D eigenvalue weighted by atomic mass is 16.5. The molecule has 1 amide bonds. The number of hydrogen-bond acceptors (Lipinski definition) is 2. The van der Waals surface area contributed by atoms with Crippen molar-refractivity contribution in [1.82, 2.24) is 4.90 Å². The molecule has 0 fully saturated rings. The average Bonchev–Trinajstić information content (AvgIpc) is 2.35. The number of amides is 1. The summed E-state index contributed by atoms with van der Waals surface area (Å²) >= 11 is 0. The summed E-state index contributed by atoms with van der Waals surface area (Å²) in [5.74, 6) is 1.02. The Morgan fingerprint density at radius 2 is 2.17 bits per heavy atom. The molecule has 0 atom stereocenters. The number of carbonyl (C=O) groups is 1. The van der Waals surface area contributed by atoms with Crippen LogP contribution in [0.25, 0.3) is 0 Å². The maximum atomic E-state index is 11.4. The Labute approximate surface area is 110 Å². The Morgan fingerprint density at radius 3 is 2.83 bits per heavy atom. The quantitative estimate of drug-likeness (QED) is 0.694. The van der Waals surface area contributed by atoms with Crippen LogP contribution in [0.4, 0.5) is 0 Å². The maximum Gasteiger partial charge on any atom is 0.222 e. The van der Waals surface area contributed by atoms with Gasteiger partial charge in [-0.1, -0.05) is 19.1 Å². The van der Waals surface area contributed by atoms with Crippen molar-refractivity contribution in [3.63, 3.8) is 0 Å². The van der Waals surface area contributed by atoms with E-state index in [0.29, 0.717) is 13.0 Å². The number of carbonyl (C=O) groups excluding carboxylic acids is 1. The smallest absolute Gasteiger partial charge is 0.222 e. The zero-order valence-electron chi connectivity index (χ0n) is 11.3. The van der Waals surface area contributed by atoms with Crippen LogP contribution in [0.3, 0.4) is 0 Å². The summed E-state index contributed by atoms with van der Waals surface area (Å²) in [7, 11) is 3.54. The molecule has 1 aromatic rings. The molecule has 1 rings (SSSR count). The van der Waals surface area contributed by atoms with Crippen LogP contribution in [0.5, 0.6) is 5.75 Å². The van der Waals surface area contributed by atoms with Crippen molar-refractivity contribution < 1.29 is 9.53 Å². The van der Waals surface area contributed by atoms with Crippen LogP contribution in [0.1, 0.15) is 24.8 Å². The number of ether oxygens (including phenoxy) is 1. The SMILES string of the molecule is [CH2]CCc1cccc(OCCCC(=O)N(C)C)c1. The van der Waals surface area contributed by atoms with Crippen molar-refractivity contribution in [2.75, 3.05) is 20.7 Å². The van der Waals surface area contributed by atoms with Gasteiger partial charge in [-0.05, 0) is 37.0 Å². The van der Waals surface area contributed by atoms with Crippen LogP contribution in [-0.2, 0) is 11.2 Å². The van der Waals surface area contributed by atoms with Gasteiger partial charge < -0.3 is 9.64 Å². The van der Waals surface area contributed by atoms with E-state index in [4.69, 9.17) is 4.74 Å². The fraction of sp³-hybridized carbons (Fsp3) is 0.467. The van der Waals surface area contributed by atoms with E-state index in [2.05, 4.69) is 13.0 Å². The zero-order chi connectivity index (χ0) is 13.4. The number of nitrogens with zero attached hydrogens (tertiary/aromatic N) is 1. The molecule has 3 nitrogen and oxygen atoms in total. The molecule has 18 heavy (non-hydrogen) atoms. The van der Waals surface area contributed by atoms with E-state index >= 15 is 0 Å². The van der Waals surface area contributed by atoms with E-state index in [1.165, 1.54) is 5.56 Å². The van der Waals surface area contributed by atoms with Gasteiger partial charge in [0, 0.05) is 20.5 Å². The van der Waals surface area contributed by atoms with Gasteiger partial charge >= 0.3 is 0 Å². The van der Waals surface area contributed by atoms with Gasteiger partial charge in [-0.15, -0.1) is 0 Å². The molecule has 0 N–H and O–H groups in total. The molecule has 0 unspecified atom stereocenters.